The van der Waals surface area contributed by atoms with E-state index in [-0.39, 0.29) is 11.9 Å². The summed E-state index contributed by atoms with van der Waals surface area (Å²) in [4.78, 5) is 12.7. The van der Waals surface area contributed by atoms with Gasteiger partial charge in [-0.2, -0.15) is 0 Å². The maximum absolute atomic E-state index is 11.6. The van der Waals surface area contributed by atoms with Crippen molar-refractivity contribution >= 4 is 33.6 Å². The number of halogens is 1. The normalized spacial score (nSPS) is 16.4. The van der Waals surface area contributed by atoms with Crippen LogP contribution in [0.2, 0.25) is 0 Å². The molecule has 0 heterocycles. The first-order valence-electron chi connectivity index (χ1n) is 6.03. The van der Waals surface area contributed by atoms with Crippen LogP contribution in [-0.4, -0.2) is 17.7 Å². The van der Waals surface area contributed by atoms with Crippen molar-refractivity contribution in [1.82, 2.24) is 5.32 Å². The summed E-state index contributed by atoms with van der Waals surface area (Å²) in [5.41, 5.74) is 6.92. The second-order valence-corrected chi connectivity index (χ2v) is 6.48. The molecule has 1 atom stereocenters. The van der Waals surface area contributed by atoms with Gasteiger partial charge in [0.05, 0.1) is 5.75 Å². The van der Waals surface area contributed by atoms with E-state index >= 15 is 0 Å². The first-order chi connectivity index (χ1) is 8.56. The molecule has 1 aromatic rings. The summed E-state index contributed by atoms with van der Waals surface area (Å²) in [6.45, 7) is 1.96. The van der Waals surface area contributed by atoms with Crippen molar-refractivity contribution in [3.63, 3.8) is 0 Å². The van der Waals surface area contributed by atoms with Crippen LogP contribution >= 0.6 is 27.7 Å². The molecule has 98 valence electrons. The first-order valence-corrected chi connectivity index (χ1v) is 7.81. The Kier molecular flexibility index (Phi) is 4.70. The van der Waals surface area contributed by atoms with Crippen molar-refractivity contribution in [2.75, 3.05) is 5.75 Å². The Morgan fingerprint density at radius 2 is 2.33 bits per heavy atom. The molecule has 0 aliphatic heterocycles. The molecule has 1 aromatic carbocycles. The number of hydrogen-bond donors (Lipinski definition) is 2. The Labute approximate surface area is 120 Å². The van der Waals surface area contributed by atoms with Crippen molar-refractivity contribution in [1.29, 1.82) is 0 Å². The number of benzene rings is 1. The Bertz CT molecular complexity index is 447. The average Bonchev–Trinajstić information content (AvgIpc) is 3.11. The lowest BCUT2D eigenvalue weighted by Gasteiger charge is -2.09. The lowest BCUT2D eigenvalue weighted by molar-refractivity contribution is -0.118. The summed E-state index contributed by atoms with van der Waals surface area (Å²) in [6, 6.07) is 6.50. The van der Waals surface area contributed by atoms with Gasteiger partial charge in [-0.25, -0.2) is 0 Å². The zero-order valence-electron chi connectivity index (χ0n) is 10.3. The second kappa shape index (κ2) is 6.08. The van der Waals surface area contributed by atoms with Gasteiger partial charge in [0.25, 0.3) is 0 Å². The highest BCUT2D eigenvalue weighted by Gasteiger charge is 2.23. The van der Waals surface area contributed by atoms with Crippen LogP contribution in [0.1, 0.15) is 31.4 Å². The van der Waals surface area contributed by atoms with E-state index in [1.165, 1.54) is 0 Å². The molecule has 0 radical (unpaired) electrons. The van der Waals surface area contributed by atoms with Crippen LogP contribution in [0.15, 0.2) is 27.6 Å². The number of rotatable bonds is 5. The fraction of sp³-hybridized carbons (Fsp3) is 0.462. The Balaban J connectivity index is 1.90. The smallest absolute Gasteiger partial charge is 0.230 e. The van der Waals surface area contributed by atoms with Crippen LogP contribution in [-0.2, 0) is 4.79 Å². The van der Waals surface area contributed by atoms with Crippen LogP contribution in [0.4, 0.5) is 0 Å². The highest BCUT2D eigenvalue weighted by molar-refractivity contribution is 9.10. The SMILES string of the molecule is CC(N)c1ccc(SCC(=O)NC2CC2)c(Br)c1. The molecule has 3 N–H and O–H groups in total. The van der Waals surface area contributed by atoms with Crippen molar-refractivity contribution in [2.24, 2.45) is 5.73 Å². The number of carbonyl (C=O) groups is 1. The molecule has 1 aliphatic carbocycles. The molecule has 0 spiro atoms. The van der Waals surface area contributed by atoms with Gasteiger partial charge in [-0.05, 0) is 53.4 Å². The Morgan fingerprint density at radius 1 is 1.61 bits per heavy atom. The van der Waals surface area contributed by atoms with E-state index in [4.69, 9.17) is 5.73 Å². The van der Waals surface area contributed by atoms with E-state index in [9.17, 15) is 4.79 Å². The van der Waals surface area contributed by atoms with E-state index in [0.717, 1.165) is 27.8 Å². The number of nitrogens with one attached hydrogen (secondary N) is 1. The van der Waals surface area contributed by atoms with Crippen molar-refractivity contribution in [3.05, 3.63) is 28.2 Å². The molecular weight excluding hydrogens is 312 g/mol. The number of nitrogens with two attached hydrogens (primary N) is 1. The molecule has 2 rings (SSSR count). The number of thioether (sulfide) groups is 1. The van der Waals surface area contributed by atoms with Gasteiger partial charge in [-0.15, -0.1) is 11.8 Å². The Morgan fingerprint density at radius 3 is 2.89 bits per heavy atom. The monoisotopic (exact) mass is 328 g/mol. The van der Waals surface area contributed by atoms with Gasteiger partial charge in [0.2, 0.25) is 5.91 Å². The van der Waals surface area contributed by atoms with Gasteiger partial charge in [0, 0.05) is 21.5 Å². The first kappa shape index (κ1) is 13.9. The zero-order chi connectivity index (χ0) is 13.1. The molecular formula is C13H17BrN2OS. The third kappa shape index (κ3) is 4.00. The highest BCUT2D eigenvalue weighted by Crippen LogP contribution is 2.30. The van der Waals surface area contributed by atoms with Gasteiger partial charge in [0.15, 0.2) is 0 Å². The quantitative estimate of drug-likeness (QED) is 0.817. The van der Waals surface area contributed by atoms with Gasteiger partial charge >= 0.3 is 0 Å². The van der Waals surface area contributed by atoms with Crippen LogP contribution < -0.4 is 11.1 Å². The summed E-state index contributed by atoms with van der Waals surface area (Å²) in [6.07, 6.45) is 2.26. The maximum Gasteiger partial charge on any atom is 0.230 e. The molecule has 1 amide bonds. The lowest BCUT2D eigenvalue weighted by atomic mass is 10.1. The average molecular weight is 329 g/mol. The maximum atomic E-state index is 11.6. The molecule has 1 saturated carbocycles. The zero-order valence-corrected chi connectivity index (χ0v) is 12.7. The van der Waals surface area contributed by atoms with Crippen LogP contribution in [0.25, 0.3) is 0 Å². The minimum Gasteiger partial charge on any atom is -0.353 e. The molecule has 0 saturated heterocycles. The molecule has 1 aliphatic rings. The van der Waals surface area contributed by atoms with E-state index < -0.39 is 0 Å². The summed E-state index contributed by atoms with van der Waals surface area (Å²) < 4.78 is 1.00. The molecule has 5 heteroatoms. The standard InChI is InChI=1S/C13H17BrN2OS/c1-8(15)9-2-5-12(11(14)6-9)18-7-13(17)16-10-3-4-10/h2,5-6,8,10H,3-4,7,15H2,1H3,(H,16,17). The fourth-order valence-corrected chi connectivity index (χ4v) is 3.03. The van der Waals surface area contributed by atoms with Crippen molar-refractivity contribution < 1.29 is 4.79 Å². The topological polar surface area (TPSA) is 55.1 Å². The van der Waals surface area contributed by atoms with Gasteiger partial charge in [-0.1, -0.05) is 6.07 Å². The Hall–Kier alpha value is -0.520. The summed E-state index contributed by atoms with van der Waals surface area (Å²) >= 11 is 5.07. The highest BCUT2D eigenvalue weighted by atomic mass is 79.9. The van der Waals surface area contributed by atoms with Crippen LogP contribution in [0, 0.1) is 0 Å². The van der Waals surface area contributed by atoms with E-state index in [1.807, 2.05) is 25.1 Å². The van der Waals surface area contributed by atoms with E-state index in [2.05, 4.69) is 21.2 Å². The number of hydrogen-bond acceptors (Lipinski definition) is 3. The predicted molar refractivity (Wildman–Crippen MR) is 78.6 cm³/mol. The minimum atomic E-state index is 0.0264. The lowest BCUT2D eigenvalue weighted by Crippen LogP contribution is -2.26. The van der Waals surface area contributed by atoms with E-state index in [0.29, 0.717) is 11.8 Å². The van der Waals surface area contributed by atoms with E-state index in [1.54, 1.807) is 11.8 Å². The molecule has 1 unspecified atom stereocenters. The fourth-order valence-electron chi connectivity index (χ4n) is 1.56. The molecule has 0 aromatic heterocycles. The van der Waals surface area contributed by atoms with Crippen molar-refractivity contribution in [3.8, 4) is 0 Å². The van der Waals surface area contributed by atoms with Gasteiger partial charge in [-0.3, -0.25) is 4.79 Å². The van der Waals surface area contributed by atoms with Crippen molar-refractivity contribution in [2.45, 2.75) is 36.7 Å². The van der Waals surface area contributed by atoms with Crippen LogP contribution in [0.3, 0.4) is 0 Å². The molecule has 1 fully saturated rings. The van der Waals surface area contributed by atoms with Gasteiger partial charge in [0.1, 0.15) is 0 Å². The van der Waals surface area contributed by atoms with Gasteiger partial charge < -0.3 is 11.1 Å². The number of amides is 1. The molecule has 0 bridgehead atoms. The third-order valence-electron chi connectivity index (χ3n) is 2.78. The third-order valence-corrected chi connectivity index (χ3v) is 4.78. The second-order valence-electron chi connectivity index (χ2n) is 4.61. The van der Waals surface area contributed by atoms with Crippen LogP contribution in [0.5, 0.6) is 0 Å². The predicted octanol–water partition coefficient (Wildman–Crippen LogP) is 2.84. The minimum absolute atomic E-state index is 0.0264. The summed E-state index contributed by atoms with van der Waals surface area (Å²) in [7, 11) is 0. The summed E-state index contributed by atoms with van der Waals surface area (Å²) in [5, 5.41) is 2.98. The summed E-state index contributed by atoms with van der Waals surface area (Å²) in [5.74, 6) is 0.581. The molecule has 3 nitrogen and oxygen atoms in total. The number of carbonyl (C=O) groups excluding carboxylic acids is 1. The largest absolute Gasteiger partial charge is 0.353 e. The molecule has 18 heavy (non-hydrogen) atoms.